The van der Waals surface area contributed by atoms with Gasteiger partial charge >= 0.3 is 0 Å². The second-order valence-corrected chi connectivity index (χ2v) is 5.96. The van der Waals surface area contributed by atoms with E-state index < -0.39 is 0 Å². The number of aryl methyl sites for hydroxylation is 2. The van der Waals surface area contributed by atoms with E-state index in [1.54, 1.807) is 37.4 Å². The van der Waals surface area contributed by atoms with Crippen molar-refractivity contribution in [1.29, 1.82) is 0 Å². The zero-order valence-corrected chi connectivity index (χ0v) is 15.2. The summed E-state index contributed by atoms with van der Waals surface area (Å²) in [4.78, 5) is 29.1. The maximum absolute atomic E-state index is 12.5. The first kappa shape index (κ1) is 18.3. The SMILES string of the molecule is CCc1onc(C)c1C(=O)Nc1cccc(C(=O)NCc2ccccn2)c1. The maximum atomic E-state index is 12.5. The molecule has 2 amide bonds. The zero-order valence-electron chi connectivity index (χ0n) is 15.2. The Kier molecular flexibility index (Phi) is 5.61. The summed E-state index contributed by atoms with van der Waals surface area (Å²) in [5.41, 5.74) is 2.70. The Labute approximate surface area is 156 Å². The van der Waals surface area contributed by atoms with Crippen LogP contribution in [0.15, 0.2) is 53.2 Å². The van der Waals surface area contributed by atoms with Gasteiger partial charge in [0.15, 0.2) is 0 Å². The summed E-state index contributed by atoms with van der Waals surface area (Å²) >= 11 is 0. The van der Waals surface area contributed by atoms with Crippen molar-refractivity contribution in [3.63, 3.8) is 0 Å². The fourth-order valence-corrected chi connectivity index (χ4v) is 2.66. The van der Waals surface area contributed by atoms with Gasteiger partial charge in [-0.3, -0.25) is 14.6 Å². The molecular formula is C20H20N4O3. The number of carbonyl (C=O) groups is 2. The molecule has 7 nitrogen and oxygen atoms in total. The molecule has 1 aromatic carbocycles. The fraction of sp³-hybridized carbons (Fsp3) is 0.200. The molecule has 2 heterocycles. The highest BCUT2D eigenvalue weighted by molar-refractivity contribution is 6.06. The van der Waals surface area contributed by atoms with E-state index in [1.807, 2.05) is 25.1 Å². The lowest BCUT2D eigenvalue weighted by Gasteiger charge is -2.08. The Bertz CT molecular complexity index is 951. The molecule has 3 rings (SSSR count). The Balaban J connectivity index is 1.69. The number of aromatic nitrogens is 2. The molecular weight excluding hydrogens is 344 g/mol. The minimum Gasteiger partial charge on any atom is -0.360 e. The summed E-state index contributed by atoms with van der Waals surface area (Å²) in [7, 11) is 0. The molecule has 0 aliphatic rings. The monoisotopic (exact) mass is 364 g/mol. The van der Waals surface area contributed by atoms with Crippen LogP contribution >= 0.6 is 0 Å². The van der Waals surface area contributed by atoms with Gasteiger partial charge in [0.1, 0.15) is 11.3 Å². The second-order valence-electron chi connectivity index (χ2n) is 5.96. The number of benzene rings is 1. The van der Waals surface area contributed by atoms with Crippen molar-refractivity contribution in [1.82, 2.24) is 15.5 Å². The number of pyridine rings is 1. The molecule has 0 radical (unpaired) electrons. The highest BCUT2D eigenvalue weighted by Gasteiger charge is 2.19. The number of carbonyl (C=O) groups excluding carboxylic acids is 2. The van der Waals surface area contributed by atoms with E-state index in [0.717, 1.165) is 5.69 Å². The van der Waals surface area contributed by atoms with Gasteiger partial charge in [0.2, 0.25) is 0 Å². The van der Waals surface area contributed by atoms with E-state index in [-0.39, 0.29) is 11.8 Å². The molecule has 138 valence electrons. The van der Waals surface area contributed by atoms with Gasteiger partial charge in [0, 0.05) is 23.9 Å². The molecule has 0 unspecified atom stereocenters. The third-order valence-electron chi connectivity index (χ3n) is 4.02. The molecule has 0 saturated heterocycles. The first-order valence-corrected chi connectivity index (χ1v) is 8.63. The third kappa shape index (κ3) is 4.38. The number of anilines is 1. The quantitative estimate of drug-likeness (QED) is 0.700. The normalized spacial score (nSPS) is 10.4. The van der Waals surface area contributed by atoms with Gasteiger partial charge < -0.3 is 15.2 Å². The summed E-state index contributed by atoms with van der Waals surface area (Å²) < 4.78 is 5.16. The van der Waals surface area contributed by atoms with E-state index in [2.05, 4.69) is 20.8 Å². The van der Waals surface area contributed by atoms with Crippen molar-refractivity contribution in [2.24, 2.45) is 0 Å². The topological polar surface area (TPSA) is 97.1 Å². The molecule has 0 bridgehead atoms. The van der Waals surface area contributed by atoms with Crippen molar-refractivity contribution in [3.8, 4) is 0 Å². The minimum atomic E-state index is -0.309. The summed E-state index contributed by atoms with van der Waals surface area (Å²) in [6.07, 6.45) is 2.24. The fourth-order valence-electron chi connectivity index (χ4n) is 2.66. The van der Waals surface area contributed by atoms with Crippen LogP contribution in [0.1, 0.15) is 44.8 Å². The van der Waals surface area contributed by atoms with Crippen molar-refractivity contribution >= 4 is 17.5 Å². The van der Waals surface area contributed by atoms with Crippen LogP contribution in [0.4, 0.5) is 5.69 Å². The zero-order chi connectivity index (χ0) is 19.2. The molecule has 0 saturated carbocycles. The number of rotatable bonds is 6. The minimum absolute atomic E-state index is 0.243. The predicted molar refractivity (Wildman–Crippen MR) is 100 cm³/mol. The van der Waals surface area contributed by atoms with Gasteiger partial charge in [-0.1, -0.05) is 24.2 Å². The van der Waals surface area contributed by atoms with E-state index in [9.17, 15) is 9.59 Å². The van der Waals surface area contributed by atoms with Crippen LogP contribution in [0.25, 0.3) is 0 Å². The van der Waals surface area contributed by atoms with Crippen LogP contribution in [0.3, 0.4) is 0 Å². The smallest absolute Gasteiger partial charge is 0.261 e. The molecule has 2 aromatic heterocycles. The number of hydrogen-bond acceptors (Lipinski definition) is 5. The molecule has 0 spiro atoms. The van der Waals surface area contributed by atoms with Crippen LogP contribution in [-0.4, -0.2) is 22.0 Å². The molecule has 27 heavy (non-hydrogen) atoms. The Morgan fingerprint density at radius 1 is 1.11 bits per heavy atom. The first-order chi connectivity index (χ1) is 13.1. The van der Waals surface area contributed by atoms with Gasteiger partial charge in [-0.25, -0.2) is 0 Å². The molecule has 0 aliphatic heterocycles. The Morgan fingerprint density at radius 2 is 1.96 bits per heavy atom. The first-order valence-electron chi connectivity index (χ1n) is 8.63. The number of nitrogens with one attached hydrogen (secondary N) is 2. The molecule has 0 fully saturated rings. The van der Waals surface area contributed by atoms with E-state index in [0.29, 0.717) is 41.2 Å². The average molecular weight is 364 g/mol. The van der Waals surface area contributed by atoms with Gasteiger partial charge in [0.25, 0.3) is 11.8 Å². The van der Waals surface area contributed by atoms with Crippen LogP contribution < -0.4 is 10.6 Å². The maximum Gasteiger partial charge on any atom is 0.261 e. The van der Waals surface area contributed by atoms with Crippen molar-refractivity contribution in [2.45, 2.75) is 26.8 Å². The molecule has 0 aliphatic carbocycles. The highest BCUT2D eigenvalue weighted by atomic mass is 16.5. The molecule has 3 aromatic rings. The molecule has 2 N–H and O–H groups in total. The van der Waals surface area contributed by atoms with Crippen molar-refractivity contribution < 1.29 is 14.1 Å². The summed E-state index contributed by atoms with van der Waals surface area (Å²) in [5.74, 6) is -0.0157. The molecule has 7 heteroatoms. The lowest BCUT2D eigenvalue weighted by atomic mass is 10.1. The van der Waals surface area contributed by atoms with Gasteiger partial charge in [0.05, 0.1) is 17.9 Å². The summed E-state index contributed by atoms with van der Waals surface area (Å²) in [6, 6.07) is 12.3. The third-order valence-corrected chi connectivity index (χ3v) is 4.02. The lowest BCUT2D eigenvalue weighted by molar-refractivity contribution is 0.0949. The van der Waals surface area contributed by atoms with Crippen LogP contribution in [0, 0.1) is 6.92 Å². The average Bonchev–Trinajstić information content (AvgIpc) is 3.08. The van der Waals surface area contributed by atoms with E-state index >= 15 is 0 Å². The van der Waals surface area contributed by atoms with Gasteiger partial charge in [-0.05, 0) is 37.3 Å². The predicted octanol–water partition coefficient (Wildman–Crippen LogP) is 3.12. The van der Waals surface area contributed by atoms with Crippen molar-refractivity contribution in [3.05, 3.63) is 76.9 Å². The number of hydrogen-bond donors (Lipinski definition) is 2. The standard InChI is InChI=1S/C20H20N4O3/c1-3-17-18(13(2)24-27-17)20(26)23-15-9-6-7-14(11-15)19(25)22-12-16-8-4-5-10-21-16/h4-11H,3,12H2,1-2H3,(H,22,25)(H,23,26). The largest absolute Gasteiger partial charge is 0.360 e. The Morgan fingerprint density at radius 3 is 2.70 bits per heavy atom. The van der Waals surface area contributed by atoms with E-state index in [4.69, 9.17) is 4.52 Å². The van der Waals surface area contributed by atoms with Crippen LogP contribution in [0.2, 0.25) is 0 Å². The van der Waals surface area contributed by atoms with E-state index in [1.165, 1.54) is 0 Å². The van der Waals surface area contributed by atoms with Crippen molar-refractivity contribution in [2.75, 3.05) is 5.32 Å². The summed E-state index contributed by atoms with van der Waals surface area (Å²) in [6.45, 7) is 3.94. The Hall–Kier alpha value is -3.48. The highest BCUT2D eigenvalue weighted by Crippen LogP contribution is 2.18. The number of nitrogens with zero attached hydrogens (tertiary/aromatic N) is 2. The van der Waals surface area contributed by atoms with Crippen LogP contribution in [0.5, 0.6) is 0 Å². The second kappa shape index (κ2) is 8.27. The summed E-state index contributed by atoms with van der Waals surface area (Å²) in [5, 5.41) is 9.45. The molecule has 0 atom stereocenters. The number of amides is 2. The van der Waals surface area contributed by atoms with Gasteiger partial charge in [-0.2, -0.15) is 0 Å². The van der Waals surface area contributed by atoms with Gasteiger partial charge in [-0.15, -0.1) is 0 Å². The van der Waals surface area contributed by atoms with Crippen LogP contribution in [-0.2, 0) is 13.0 Å². The lowest BCUT2D eigenvalue weighted by Crippen LogP contribution is -2.23.